The van der Waals surface area contributed by atoms with Crippen LogP contribution in [-0.4, -0.2) is 6.29 Å². The van der Waals surface area contributed by atoms with Gasteiger partial charge in [-0.2, -0.15) is 0 Å². The zero-order chi connectivity index (χ0) is 11.7. The summed E-state index contributed by atoms with van der Waals surface area (Å²) >= 11 is 0. The zero-order valence-corrected chi connectivity index (χ0v) is 10.8. The number of carbonyl (C=O) groups is 1. The fourth-order valence-corrected chi connectivity index (χ4v) is 1.54. The molecule has 0 aromatic rings. The van der Waals surface area contributed by atoms with Crippen molar-refractivity contribution < 1.29 is 4.79 Å². The van der Waals surface area contributed by atoms with Gasteiger partial charge in [0, 0.05) is 5.41 Å². The second kappa shape index (κ2) is 7.67. The normalized spacial score (nSPS) is 14.4. The van der Waals surface area contributed by atoms with E-state index in [1.165, 1.54) is 32.1 Å². The van der Waals surface area contributed by atoms with Crippen LogP contribution in [0.15, 0.2) is 12.2 Å². The van der Waals surface area contributed by atoms with E-state index in [0.717, 1.165) is 6.29 Å². The predicted molar refractivity (Wildman–Crippen MR) is 66.9 cm³/mol. The second-order valence-corrected chi connectivity index (χ2v) is 5.05. The SMILES string of the molecule is CC=CCCCCCC(C)C(C)(C)C=O. The summed E-state index contributed by atoms with van der Waals surface area (Å²) in [5.74, 6) is 0.497. The topological polar surface area (TPSA) is 17.1 Å². The van der Waals surface area contributed by atoms with Gasteiger partial charge in [0.1, 0.15) is 6.29 Å². The maximum absolute atomic E-state index is 10.8. The van der Waals surface area contributed by atoms with Crippen molar-refractivity contribution in [3.05, 3.63) is 12.2 Å². The van der Waals surface area contributed by atoms with Crippen molar-refractivity contribution in [1.82, 2.24) is 0 Å². The van der Waals surface area contributed by atoms with Gasteiger partial charge in [-0.25, -0.2) is 0 Å². The molecule has 0 aliphatic carbocycles. The van der Waals surface area contributed by atoms with E-state index in [1.54, 1.807) is 0 Å². The maximum Gasteiger partial charge on any atom is 0.125 e. The molecule has 1 nitrogen and oxygen atoms in total. The number of carbonyl (C=O) groups excluding carboxylic acids is 1. The molecule has 0 heterocycles. The van der Waals surface area contributed by atoms with Crippen molar-refractivity contribution in [2.45, 2.75) is 59.8 Å². The summed E-state index contributed by atoms with van der Waals surface area (Å²) in [5.41, 5.74) is -0.149. The lowest BCUT2D eigenvalue weighted by Crippen LogP contribution is -2.22. The summed E-state index contributed by atoms with van der Waals surface area (Å²) in [7, 11) is 0. The van der Waals surface area contributed by atoms with E-state index in [0.29, 0.717) is 5.92 Å². The molecule has 0 aromatic heterocycles. The number of allylic oxidation sites excluding steroid dienone is 2. The van der Waals surface area contributed by atoms with Crippen molar-refractivity contribution in [3.8, 4) is 0 Å². The second-order valence-electron chi connectivity index (χ2n) is 5.05. The summed E-state index contributed by atoms with van der Waals surface area (Å²) in [4.78, 5) is 10.8. The van der Waals surface area contributed by atoms with Crippen molar-refractivity contribution in [2.24, 2.45) is 11.3 Å². The first-order valence-electron chi connectivity index (χ1n) is 6.12. The Bertz CT molecular complexity index is 192. The van der Waals surface area contributed by atoms with Crippen molar-refractivity contribution in [1.29, 1.82) is 0 Å². The first-order chi connectivity index (χ1) is 7.04. The molecule has 0 saturated carbocycles. The van der Waals surface area contributed by atoms with E-state index < -0.39 is 0 Å². The van der Waals surface area contributed by atoms with E-state index in [9.17, 15) is 4.79 Å². The van der Waals surface area contributed by atoms with Gasteiger partial charge >= 0.3 is 0 Å². The van der Waals surface area contributed by atoms with Crippen LogP contribution in [0.3, 0.4) is 0 Å². The van der Waals surface area contributed by atoms with Crippen LogP contribution < -0.4 is 0 Å². The van der Waals surface area contributed by atoms with Gasteiger partial charge in [-0.1, -0.05) is 45.8 Å². The Kier molecular flexibility index (Phi) is 7.37. The minimum Gasteiger partial charge on any atom is -0.303 e. The predicted octanol–water partition coefficient (Wildman–Crippen LogP) is 4.37. The molecule has 0 rings (SSSR count). The van der Waals surface area contributed by atoms with Crippen LogP contribution in [0.1, 0.15) is 59.8 Å². The van der Waals surface area contributed by atoms with Crippen molar-refractivity contribution >= 4 is 6.29 Å². The van der Waals surface area contributed by atoms with Gasteiger partial charge in [0.05, 0.1) is 0 Å². The monoisotopic (exact) mass is 210 g/mol. The van der Waals surface area contributed by atoms with Gasteiger partial charge in [-0.3, -0.25) is 0 Å². The van der Waals surface area contributed by atoms with Crippen LogP contribution in [-0.2, 0) is 4.79 Å². The van der Waals surface area contributed by atoms with E-state index in [-0.39, 0.29) is 5.41 Å². The van der Waals surface area contributed by atoms with E-state index in [2.05, 4.69) is 26.0 Å². The lowest BCUT2D eigenvalue weighted by atomic mass is 9.78. The fourth-order valence-electron chi connectivity index (χ4n) is 1.54. The third-order valence-electron chi connectivity index (χ3n) is 3.32. The van der Waals surface area contributed by atoms with E-state index in [1.807, 2.05) is 13.8 Å². The van der Waals surface area contributed by atoms with Crippen LogP contribution in [0, 0.1) is 11.3 Å². The molecule has 88 valence electrons. The molecule has 0 fully saturated rings. The Morgan fingerprint density at radius 1 is 1.20 bits per heavy atom. The highest BCUT2D eigenvalue weighted by Crippen LogP contribution is 2.28. The van der Waals surface area contributed by atoms with Crippen molar-refractivity contribution in [3.63, 3.8) is 0 Å². The van der Waals surface area contributed by atoms with Gasteiger partial charge in [0.25, 0.3) is 0 Å². The van der Waals surface area contributed by atoms with Crippen LogP contribution in [0.2, 0.25) is 0 Å². The average molecular weight is 210 g/mol. The van der Waals surface area contributed by atoms with Gasteiger partial charge in [-0.15, -0.1) is 0 Å². The molecule has 0 aromatic carbocycles. The average Bonchev–Trinajstić information content (AvgIpc) is 2.22. The summed E-state index contributed by atoms with van der Waals surface area (Å²) in [6.45, 7) is 8.31. The minimum absolute atomic E-state index is 0.149. The third-order valence-corrected chi connectivity index (χ3v) is 3.32. The van der Waals surface area contributed by atoms with Crippen LogP contribution in [0.4, 0.5) is 0 Å². The van der Waals surface area contributed by atoms with E-state index in [4.69, 9.17) is 0 Å². The molecule has 0 spiro atoms. The van der Waals surface area contributed by atoms with Gasteiger partial charge in [-0.05, 0) is 32.1 Å². The van der Waals surface area contributed by atoms with Crippen LogP contribution in [0.25, 0.3) is 0 Å². The molecular formula is C14H26O. The number of hydrogen-bond donors (Lipinski definition) is 0. The molecule has 1 atom stereocenters. The van der Waals surface area contributed by atoms with Gasteiger partial charge < -0.3 is 4.79 Å². The highest BCUT2D eigenvalue weighted by molar-refractivity contribution is 5.58. The molecule has 0 aliphatic rings. The van der Waals surface area contributed by atoms with Gasteiger partial charge in [0.15, 0.2) is 0 Å². The summed E-state index contributed by atoms with van der Waals surface area (Å²) in [6, 6.07) is 0. The Morgan fingerprint density at radius 3 is 2.40 bits per heavy atom. The van der Waals surface area contributed by atoms with Crippen molar-refractivity contribution in [2.75, 3.05) is 0 Å². The summed E-state index contributed by atoms with van der Waals surface area (Å²) in [6.07, 6.45) is 11.6. The maximum atomic E-state index is 10.8. The first-order valence-corrected chi connectivity index (χ1v) is 6.12. The van der Waals surface area contributed by atoms with Crippen LogP contribution in [0.5, 0.6) is 0 Å². The molecule has 0 aliphatic heterocycles. The largest absolute Gasteiger partial charge is 0.303 e. The smallest absolute Gasteiger partial charge is 0.125 e. The fraction of sp³-hybridized carbons (Fsp3) is 0.786. The molecule has 0 amide bonds. The lowest BCUT2D eigenvalue weighted by molar-refractivity contribution is -0.116. The molecule has 15 heavy (non-hydrogen) atoms. The number of rotatable bonds is 8. The number of unbranched alkanes of at least 4 members (excludes halogenated alkanes) is 3. The molecular weight excluding hydrogens is 184 g/mol. The molecule has 0 N–H and O–H groups in total. The van der Waals surface area contributed by atoms with Crippen LogP contribution >= 0.6 is 0 Å². The quantitative estimate of drug-likeness (QED) is 0.330. The summed E-state index contributed by atoms with van der Waals surface area (Å²) < 4.78 is 0. The highest BCUT2D eigenvalue weighted by atomic mass is 16.1. The summed E-state index contributed by atoms with van der Waals surface area (Å²) in [5, 5.41) is 0. The Labute approximate surface area is 95.0 Å². The Hall–Kier alpha value is -0.590. The molecule has 1 heteroatoms. The first kappa shape index (κ1) is 14.4. The molecule has 0 bridgehead atoms. The van der Waals surface area contributed by atoms with E-state index >= 15 is 0 Å². The van der Waals surface area contributed by atoms with Gasteiger partial charge in [0.2, 0.25) is 0 Å². The third kappa shape index (κ3) is 6.48. The molecule has 0 saturated heterocycles. The lowest BCUT2D eigenvalue weighted by Gasteiger charge is -2.25. The molecule has 1 unspecified atom stereocenters. The standard InChI is InChI=1S/C14H26O/c1-5-6-7-8-9-10-11-13(2)14(3,4)12-15/h5-6,12-13H,7-11H2,1-4H3. The zero-order valence-electron chi connectivity index (χ0n) is 10.8. The Balaban J connectivity index is 3.55. The number of aldehydes is 1. The highest BCUT2D eigenvalue weighted by Gasteiger charge is 2.24. The minimum atomic E-state index is -0.149. The molecule has 0 radical (unpaired) electrons. The Morgan fingerprint density at radius 2 is 1.87 bits per heavy atom. The number of hydrogen-bond acceptors (Lipinski definition) is 1.